The summed E-state index contributed by atoms with van der Waals surface area (Å²) in [6, 6.07) is 76.2. The van der Waals surface area contributed by atoms with E-state index in [0.717, 1.165) is 33.7 Å². The van der Waals surface area contributed by atoms with Gasteiger partial charge in [-0.1, -0.05) is 182 Å². The van der Waals surface area contributed by atoms with E-state index in [1.165, 1.54) is 53.2 Å². The zero-order valence-corrected chi connectivity index (χ0v) is 31.8. The molecule has 8 aromatic carbocycles. The molecule has 0 bridgehead atoms. The molecule has 0 aliphatic carbocycles. The van der Waals surface area contributed by atoms with Crippen LogP contribution in [-0.2, 0) is 5.41 Å². The first-order valence-electron chi connectivity index (χ1n) is 19.3. The molecule has 0 N–H and O–H groups in total. The van der Waals surface area contributed by atoms with E-state index in [1.54, 1.807) is 0 Å². The summed E-state index contributed by atoms with van der Waals surface area (Å²) in [5.74, 6) is 1.51. The fourth-order valence-corrected chi connectivity index (χ4v) is 9.96. The van der Waals surface area contributed by atoms with Gasteiger partial charge in [0.25, 0.3) is 0 Å². The maximum Gasteiger partial charge on any atom is 0.162 e. The van der Waals surface area contributed by atoms with Crippen molar-refractivity contribution in [2.45, 2.75) is 5.41 Å². The molecule has 0 aliphatic rings. The Bertz CT molecular complexity index is 3070. The van der Waals surface area contributed by atoms with Gasteiger partial charge in [-0.3, -0.25) is 4.57 Å². The van der Waals surface area contributed by atoms with E-state index in [9.17, 15) is 0 Å². The SMILES string of the molecule is c1ccc(C(c2ccccc2)(c2ccccc2)c2ccc(-c3nc(-c4ccc5c(c4)sc4ccccc45)cc(-n4c5ccccc5c5ccccc54)n3)cc2)cc1. The molecule has 0 saturated carbocycles. The largest absolute Gasteiger partial charge is 0.294 e. The third-order valence-corrected chi connectivity index (χ3v) is 12.5. The minimum absolute atomic E-state index is 0.543. The smallest absolute Gasteiger partial charge is 0.162 e. The van der Waals surface area contributed by atoms with Crippen LogP contribution in [0.5, 0.6) is 0 Å². The van der Waals surface area contributed by atoms with E-state index < -0.39 is 5.41 Å². The Morgan fingerprint density at radius 1 is 0.368 bits per heavy atom. The fraction of sp³-hybridized carbons (Fsp3) is 0.0189. The first-order chi connectivity index (χ1) is 28.3. The summed E-state index contributed by atoms with van der Waals surface area (Å²) in [5.41, 5.74) is 9.37. The number of hydrogen-bond donors (Lipinski definition) is 0. The highest BCUT2D eigenvalue weighted by atomic mass is 32.1. The number of aromatic nitrogens is 3. The Morgan fingerprint density at radius 3 is 1.44 bits per heavy atom. The lowest BCUT2D eigenvalue weighted by molar-refractivity contribution is 0.745. The zero-order valence-electron chi connectivity index (χ0n) is 31.0. The van der Waals surface area contributed by atoms with Gasteiger partial charge < -0.3 is 0 Å². The van der Waals surface area contributed by atoms with Crippen molar-refractivity contribution in [3.8, 4) is 28.5 Å². The summed E-state index contributed by atoms with van der Waals surface area (Å²) in [5, 5.41) is 4.96. The number of nitrogens with zero attached hydrogens (tertiary/aromatic N) is 3. The first kappa shape index (κ1) is 33.2. The van der Waals surface area contributed by atoms with Gasteiger partial charge in [-0.25, -0.2) is 9.97 Å². The van der Waals surface area contributed by atoms with Crippen molar-refractivity contribution in [2.75, 3.05) is 0 Å². The van der Waals surface area contributed by atoms with E-state index in [4.69, 9.17) is 9.97 Å². The van der Waals surface area contributed by atoms with Crippen LogP contribution in [0.1, 0.15) is 22.3 Å². The fourth-order valence-electron chi connectivity index (χ4n) is 8.81. The van der Waals surface area contributed by atoms with E-state index >= 15 is 0 Å². The topological polar surface area (TPSA) is 30.7 Å². The van der Waals surface area contributed by atoms with Crippen LogP contribution in [0.3, 0.4) is 0 Å². The zero-order chi connectivity index (χ0) is 37.8. The molecular weight excluding hydrogens is 711 g/mol. The van der Waals surface area contributed by atoms with E-state index in [1.807, 2.05) is 11.3 Å². The molecule has 0 unspecified atom stereocenters. The van der Waals surface area contributed by atoms with Crippen LogP contribution in [0.15, 0.2) is 212 Å². The molecule has 0 radical (unpaired) electrons. The molecule has 11 aromatic rings. The molecule has 3 nitrogen and oxygen atoms in total. The van der Waals surface area contributed by atoms with E-state index in [0.29, 0.717) is 5.82 Å². The molecule has 268 valence electrons. The van der Waals surface area contributed by atoms with Gasteiger partial charge in [0.2, 0.25) is 0 Å². The summed E-state index contributed by atoms with van der Waals surface area (Å²) in [4.78, 5) is 10.7. The monoisotopic (exact) mass is 745 g/mol. The van der Waals surface area contributed by atoms with Gasteiger partial charge in [0.15, 0.2) is 5.82 Å². The highest BCUT2D eigenvalue weighted by Gasteiger charge is 2.38. The third kappa shape index (κ3) is 5.41. The quantitative estimate of drug-likeness (QED) is 0.152. The van der Waals surface area contributed by atoms with Gasteiger partial charge >= 0.3 is 0 Å². The standard InChI is InChI=1S/C53H35N3S/c1-4-16-38(17-5-1)53(39-18-6-2-7-19-39,40-20-8-3-9-21-40)41-31-28-36(29-32-41)52-54-46(37-30-33-45-44-24-12-15-27-49(44)57-50(45)34-37)35-51(55-52)56-47-25-13-10-22-42(47)43-23-11-14-26-48(43)56/h1-35H. The minimum Gasteiger partial charge on any atom is -0.294 e. The van der Waals surface area contributed by atoms with Gasteiger partial charge in [-0.05, 0) is 46.5 Å². The molecule has 0 amide bonds. The van der Waals surface area contributed by atoms with Crippen LogP contribution >= 0.6 is 11.3 Å². The van der Waals surface area contributed by atoms with Gasteiger partial charge in [-0.15, -0.1) is 11.3 Å². The first-order valence-corrected chi connectivity index (χ1v) is 20.1. The molecular formula is C53H35N3S. The Morgan fingerprint density at radius 2 is 0.842 bits per heavy atom. The molecule has 0 saturated heterocycles. The maximum atomic E-state index is 5.39. The molecule has 3 aromatic heterocycles. The number of thiophene rings is 1. The normalized spacial score (nSPS) is 11.9. The van der Waals surface area contributed by atoms with Gasteiger partial charge in [0, 0.05) is 48.1 Å². The molecule has 0 fully saturated rings. The van der Waals surface area contributed by atoms with Crippen molar-refractivity contribution in [3.05, 3.63) is 235 Å². The maximum absolute atomic E-state index is 5.39. The second-order valence-electron chi connectivity index (χ2n) is 14.5. The lowest BCUT2D eigenvalue weighted by Gasteiger charge is -2.37. The minimum atomic E-state index is -0.543. The lowest BCUT2D eigenvalue weighted by atomic mass is 9.65. The number of para-hydroxylation sites is 2. The van der Waals surface area contributed by atoms with Crippen molar-refractivity contribution < 1.29 is 0 Å². The number of hydrogen-bond acceptors (Lipinski definition) is 3. The van der Waals surface area contributed by atoms with Crippen LogP contribution in [0.2, 0.25) is 0 Å². The van der Waals surface area contributed by atoms with Crippen LogP contribution < -0.4 is 0 Å². The predicted octanol–water partition coefficient (Wildman–Crippen LogP) is 13.7. The summed E-state index contributed by atoms with van der Waals surface area (Å²) in [6.45, 7) is 0. The van der Waals surface area contributed by atoms with Crippen molar-refractivity contribution in [2.24, 2.45) is 0 Å². The van der Waals surface area contributed by atoms with Gasteiger partial charge in [0.1, 0.15) is 5.82 Å². The molecule has 0 spiro atoms. The molecule has 11 rings (SSSR count). The molecule has 57 heavy (non-hydrogen) atoms. The summed E-state index contributed by atoms with van der Waals surface area (Å²) in [6.07, 6.45) is 0. The number of rotatable bonds is 7. The van der Waals surface area contributed by atoms with Crippen molar-refractivity contribution >= 4 is 53.3 Å². The van der Waals surface area contributed by atoms with Crippen molar-refractivity contribution in [3.63, 3.8) is 0 Å². The highest BCUT2D eigenvalue weighted by Crippen LogP contribution is 2.45. The van der Waals surface area contributed by atoms with E-state index in [2.05, 4.69) is 217 Å². The van der Waals surface area contributed by atoms with Crippen LogP contribution in [-0.4, -0.2) is 14.5 Å². The van der Waals surface area contributed by atoms with E-state index in [-0.39, 0.29) is 0 Å². The summed E-state index contributed by atoms with van der Waals surface area (Å²) >= 11 is 1.83. The Kier molecular flexibility index (Phi) is 7.90. The van der Waals surface area contributed by atoms with Crippen LogP contribution in [0.25, 0.3) is 70.4 Å². The Hall–Kier alpha value is -7.14. The number of benzene rings is 8. The summed E-state index contributed by atoms with van der Waals surface area (Å²) < 4.78 is 4.82. The Labute approximate surface area is 334 Å². The van der Waals surface area contributed by atoms with Gasteiger partial charge in [-0.2, -0.15) is 0 Å². The highest BCUT2D eigenvalue weighted by molar-refractivity contribution is 7.25. The second-order valence-corrected chi connectivity index (χ2v) is 15.6. The molecule has 4 heteroatoms. The van der Waals surface area contributed by atoms with Gasteiger partial charge in [0.05, 0.1) is 22.1 Å². The lowest BCUT2D eigenvalue weighted by Crippen LogP contribution is -2.30. The third-order valence-electron chi connectivity index (χ3n) is 11.4. The molecule has 3 heterocycles. The average Bonchev–Trinajstić information content (AvgIpc) is 3.83. The van der Waals surface area contributed by atoms with Crippen molar-refractivity contribution in [1.29, 1.82) is 0 Å². The summed E-state index contributed by atoms with van der Waals surface area (Å²) in [7, 11) is 0. The second kappa shape index (κ2) is 13.6. The van der Waals surface area contributed by atoms with Crippen LogP contribution in [0.4, 0.5) is 0 Å². The van der Waals surface area contributed by atoms with Crippen LogP contribution in [0, 0.1) is 0 Å². The van der Waals surface area contributed by atoms with Crippen molar-refractivity contribution in [1.82, 2.24) is 14.5 Å². The molecule has 0 atom stereocenters. The average molecular weight is 746 g/mol. The number of fused-ring (bicyclic) bond motifs is 6. The predicted molar refractivity (Wildman–Crippen MR) is 238 cm³/mol. The molecule has 0 aliphatic heterocycles. The Balaban J connectivity index is 1.13.